The summed E-state index contributed by atoms with van der Waals surface area (Å²) in [4.78, 5) is 0. The highest BCUT2D eigenvalue weighted by Gasteiger charge is 2.04. The van der Waals surface area contributed by atoms with Crippen LogP contribution in [0.1, 0.15) is 32.1 Å². The molecule has 0 rings (SSSR count). The zero-order valence-corrected chi connectivity index (χ0v) is 8.41. The van der Waals surface area contributed by atoms with Gasteiger partial charge in [-0.15, -0.1) is 0 Å². The Kier molecular flexibility index (Phi) is 8.33. The second-order valence-electron chi connectivity index (χ2n) is 3.61. The maximum atomic E-state index is 5.80. The van der Waals surface area contributed by atoms with Gasteiger partial charge >= 0.3 is 0 Å². The van der Waals surface area contributed by atoms with Crippen molar-refractivity contribution in [2.45, 2.75) is 44.2 Å². The Bertz CT molecular complexity index is 95.8. The molecule has 0 amide bonds. The van der Waals surface area contributed by atoms with Gasteiger partial charge in [-0.05, 0) is 38.8 Å². The van der Waals surface area contributed by atoms with Crippen molar-refractivity contribution in [1.29, 1.82) is 0 Å². The van der Waals surface area contributed by atoms with E-state index in [1.54, 1.807) is 0 Å². The molecule has 0 saturated heterocycles. The first kappa shape index (κ1) is 12.8. The molecule has 0 aliphatic carbocycles. The number of hydrogen-bond donors (Lipinski definition) is 4. The van der Waals surface area contributed by atoms with Gasteiger partial charge in [0.2, 0.25) is 0 Å². The van der Waals surface area contributed by atoms with Crippen LogP contribution < -0.4 is 22.9 Å². The molecular weight excluding hydrogens is 164 g/mol. The Morgan fingerprint density at radius 2 is 1.08 bits per heavy atom. The minimum atomic E-state index is 0.245. The summed E-state index contributed by atoms with van der Waals surface area (Å²) in [5.74, 6) is 0. The summed E-state index contributed by atoms with van der Waals surface area (Å²) in [6.07, 6.45) is 4.95. The third kappa shape index (κ3) is 8.18. The quantitative estimate of drug-likeness (QED) is 0.412. The molecule has 8 N–H and O–H groups in total. The average Bonchev–Trinajstić information content (AvgIpc) is 2.05. The molecule has 2 unspecified atom stereocenters. The molecule has 0 aromatic carbocycles. The van der Waals surface area contributed by atoms with Crippen molar-refractivity contribution in [2.75, 3.05) is 13.1 Å². The van der Waals surface area contributed by atoms with Crippen molar-refractivity contribution in [3.63, 3.8) is 0 Å². The van der Waals surface area contributed by atoms with Crippen LogP contribution in [-0.2, 0) is 0 Å². The second-order valence-corrected chi connectivity index (χ2v) is 3.61. The molecular formula is C9H24N4. The van der Waals surface area contributed by atoms with Gasteiger partial charge in [-0.2, -0.15) is 0 Å². The summed E-state index contributed by atoms with van der Waals surface area (Å²) >= 11 is 0. The lowest BCUT2D eigenvalue weighted by Gasteiger charge is -2.12. The topological polar surface area (TPSA) is 104 Å². The minimum Gasteiger partial charge on any atom is -0.330 e. The molecule has 0 aliphatic heterocycles. The summed E-state index contributed by atoms with van der Waals surface area (Å²) in [6.45, 7) is 1.35. The van der Waals surface area contributed by atoms with Crippen LogP contribution in [0.4, 0.5) is 0 Å². The van der Waals surface area contributed by atoms with Crippen LogP contribution in [-0.4, -0.2) is 25.2 Å². The van der Waals surface area contributed by atoms with Crippen molar-refractivity contribution in [3.8, 4) is 0 Å². The Labute approximate surface area is 81.0 Å². The van der Waals surface area contributed by atoms with Gasteiger partial charge in [0.05, 0.1) is 0 Å². The van der Waals surface area contributed by atoms with Crippen LogP contribution in [0, 0.1) is 0 Å². The number of rotatable bonds is 8. The van der Waals surface area contributed by atoms with E-state index in [0.29, 0.717) is 13.1 Å². The van der Waals surface area contributed by atoms with Crippen LogP contribution in [0.2, 0.25) is 0 Å². The van der Waals surface area contributed by atoms with E-state index in [4.69, 9.17) is 22.9 Å². The first-order chi connectivity index (χ1) is 6.20. The predicted octanol–water partition coefficient (Wildman–Crippen LogP) is -0.491. The molecule has 0 radical (unpaired) electrons. The second kappa shape index (κ2) is 8.44. The van der Waals surface area contributed by atoms with E-state index in [2.05, 4.69) is 0 Å². The van der Waals surface area contributed by atoms with Gasteiger partial charge in [-0.1, -0.05) is 6.42 Å². The van der Waals surface area contributed by atoms with Crippen molar-refractivity contribution in [3.05, 3.63) is 0 Å². The summed E-state index contributed by atoms with van der Waals surface area (Å²) < 4.78 is 0. The Morgan fingerprint density at radius 1 is 0.692 bits per heavy atom. The zero-order valence-electron chi connectivity index (χ0n) is 8.41. The van der Waals surface area contributed by atoms with Gasteiger partial charge in [-0.25, -0.2) is 0 Å². The molecule has 4 nitrogen and oxygen atoms in total. The lowest BCUT2D eigenvalue weighted by Crippen LogP contribution is -2.26. The molecule has 0 fully saturated rings. The fourth-order valence-corrected chi connectivity index (χ4v) is 1.36. The van der Waals surface area contributed by atoms with E-state index >= 15 is 0 Å². The van der Waals surface area contributed by atoms with Crippen molar-refractivity contribution >= 4 is 0 Å². The SMILES string of the molecule is NCCC(N)CCCC(N)CCN. The lowest BCUT2D eigenvalue weighted by molar-refractivity contribution is 0.489. The summed E-state index contributed by atoms with van der Waals surface area (Å²) in [6, 6.07) is 0.491. The highest BCUT2D eigenvalue weighted by molar-refractivity contribution is 4.66. The van der Waals surface area contributed by atoms with Gasteiger partial charge in [0.25, 0.3) is 0 Å². The number of hydrogen-bond acceptors (Lipinski definition) is 4. The summed E-state index contributed by atoms with van der Waals surface area (Å²) in [7, 11) is 0. The van der Waals surface area contributed by atoms with Crippen LogP contribution in [0.25, 0.3) is 0 Å². The molecule has 0 bridgehead atoms. The highest BCUT2D eigenvalue weighted by atomic mass is 14.7. The molecule has 0 aromatic heterocycles. The van der Waals surface area contributed by atoms with Gasteiger partial charge in [0, 0.05) is 12.1 Å². The first-order valence-corrected chi connectivity index (χ1v) is 5.12. The fourth-order valence-electron chi connectivity index (χ4n) is 1.36. The van der Waals surface area contributed by atoms with Gasteiger partial charge in [0.1, 0.15) is 0 Å². The maximum Gasteiger partial charge on any atom is 0.00508 e. The van der Waals surface area contributed by atoms with Crippen molar-refractivity contribution < 1.29 is 0 Å². The van der Waals surface area contributed by atoms with Gasteiger partial charge in [-0.3, -0.25) is 0 Å². The van der Waals surface area contributed by atoms with Crippen LogP contribution in [0.15, 0.2) is 0 Å². The first-order valence-electron chi connectivity index (χ1n) is 5.12. The standard InChI is InChI=1S/C9H24N4/c10-6-4-8(12)2-1-3-9(13)5-7-11/h8-9H,1-7,10-13H2. The van der Waals surface area contributed by atoms with Crippen molar-refractivity contribution in [2.24, 2.45) is 22.9 Å². The summed E-state index contributed by atoms with van der Waals surface area (Å²) in [5, 5.41) is 0. The maximum absolute atomic E-state index is 5.80. The van der Waals surface area contributed by atoms with Crippen LogP contribution >= 0.6 is 0 Å². The molecule has 0 saturated carbocycles. The van der Waals surface area contributed by atoms with Gasteiger partial charge in [0.15, 0.2) is 0 Å². The zero-order chi connectivity index (χ0) is 10.1. The monoisotopic (exact) mass is 188 g/mol. The van der Waals surface area contributed by atoms with Crippen molar-refractivity contribution in [1.82, 2.24) is 0 Å². The predicted molar refractivity (Wildman–Crippen MR) is 57.1 cm³/mol. The normalized spacial score (nSPS) is 15.7. The largest absolute Gasteiger partial charge is 0.330 e. The van der Waals surface area contributed by atoms with E-state index in [-0.39, 0.29) is 12.1 Å². The summed E-state index contributed by atoms with van der Waals surface area (Å²) in [5.41, 5.74) is 22.4. The molecule has 13 heavy (non-hydrogen) atoms. The van der Waals surface area contributed by atoms with Gasteiger partial charge < -0.3 is 22.9 Å². The Balaban J connectivity index is 3.23. The molecule has 4 heteroatoms. The van der Waals surface area contributed by atoms with E-state index < -0.39 is 0 Å². The smallest absolute Gasteiger partial charge is 0.00508 e. The molecule has 0 heterocycles. The molecule has 0 aliphatic rings. The minimum absolute atomic E-state index is 0.245. The lowest BCUT2D eigenvalue weighted by atomic mass is 10.0. The highest BCUT2D eigenvalue weighted by Crippen LogP contribution is 2.05. The Morgan fingerprint density at radius 3 is 1.38 bits per heavy atom. The van der Waals surface area contributed by atoms with E-state index in [1.165, 1.54) is 0 Å². The van der Waals surface area contributed by atoms with E-state index in [0.717, 1.165) is 32.1 Å². The third-order valence-corrected chi connectivity index (χ3v) is 2.22. The van der Waals surface area contributed by atoms with Crippen LogP contribution in [0.5, 0.6) is 0 Å². The molecule has 0 aromatic rings. The van der Waals surface area contributed by atoms with E-state index in [9.17, 15) is 0 Å². The molecule has 2 atom stereocenters. The molecule has 80 valence electrons. The third-order valence-electron chi connectivity index (χ3n) is 2.22. The Hall–Kier alpha value is -0.160. The average molecular weight is 188 g/mol. The van der Waals surface area contributed by atoms with Crippen LogP contribution in [0.3, 0.4) is 0 Å². The molecule has 0 spiro atoms. The number of nitrogens with two attached hydrogens (primary N) is 4. The fraction of sp³-hybridized carbons (Fsp3) is 1.00. The van der Waals surface area contributed by atoms with E-state index in [1.807, 2.05) is 0 Å².